The van der Waals surface area contributed by atoms with E-state index in [1.54, 1.807) is 0 Å². The van der Waals surface area contributed by atoms with Crippen molar-refractivity contribution in [2.45, 2.75) is 6.18 Å². The number of rotatable bonds is 3. The average molecular weight is 246 g/mol. The molecule has 1 rings (SSSR count). The molecule has 0 bridgehead atoms. The van der Waals surface area contributed by atoms with Crippen molar-refractivity contribution in [2.24, 2.45) is 0 Å². The van der Waals surface area contributed by atoms with Crippen molar-refractivity contribution in [1.29, 1.82) is 0 Å². The monoisotopic (exact) mass is 246 g/mol. The normalized spacial score (nSPS) is 11.8. The fraction of sp³-hybridized carbons (Fsp3) is 0.182. The van der Waals surface area contributed by atoms with E-state index in [1.807, 2.05) is 0 Å². The second-order valence-electron chi connectivity index (χ2n) is 3.16. The minimum atomic E-state index is -4.50. The van der Waals surface area contributed by atoms with Gasteiger partial charge >= 0.3 is 12.1 Å². The summed E-state index contributed by atoms with van der Waals surface area (Å²) in [5, 5.41) is 8.39. The molecule has 1 aromatic carbocycles. The lowest BCUT2D eigenvalue weighted by Gasteiger charge is -2.09. The summed E-state index contributed by atoms with van der Waals surface area (Å²) in [5.41, 5.74) is -0.777. The number of aliphatic carboxylic acids is 1. The second-order valence-corrected chi connectivity index (χ2v) is 3.16. The van der Waals surface area contributed by atoms with Crippen molar-refractivity contribution in [3.8, 4) is 5.75 Å². The number of carbonyl (C=O) groups is 1. The number of carboxylic acids is 1. The van der Waals surface area contributed by atoms with E-state index in [1.165, 1.54) is 13.2 Å². The zero-order valence-electron chi connectivity index (χ0n) is 8.78. The Morgan fingerprint density at radius 3 is 2.47 bits per heavy atom. The molecular formula is C11H9F3O3. The topological polar surface area (TPSA) is 46.5 Å². The van der Waals surface area contributed by atoms with Crippen LogP contribution in [0.5, 0.6) is 5.75 Å². The highest BCUT2D eigenvalue weighted by Crippen LogP contribution is 2.32. The number of hydrogen-bond acceptors (Lipinski definition) is 2. The maximum Gasteiger partial charge on any atom is 0.416 e. The Morgan fingerprint density at radius 2 is 2.00 bits per heavy atom. The van der Waals surface area contributed by atoms with E-state index in [-0.39, 0.29) is 11.3 Å². The van der Waals surface area contributed by atoms with Crippen LogP contribution in [0.2, 0.25) is 0 Å². The van der Waals surface area contributed by atoms with E-state index in [0.717, 1.165) is 24.3 Å². The van der Waals surface area contributed by atoms with Crippen LogP contribution in [-0.4, -0.2) is 18.2 Å². The van der Waals surface area contributed by atoms with Crippen LogP contribution in [0.1, 0.15) is 11.1 Å². The Balaban J connectivity index is 3.19. The molecule has 0 spiro atoms. The minimum Gasteiger partial charge on any atom is -0.497 e. The fourth-order valence-electron chi connectivity index (χ4n) is 1.17. The highest BCUT2D eigenvalue weighted by atomic mass is 19.4. The van der Waals surface area contributed by atoms with Crippen molar-refractivity contribution in [3.63, 3.8) is 0 Å². The van der Waals surface area contributed by atoms with Gasteiger partial charge in [-0.3, -0.25) is 0 Å². The van der Waals surface area contributed by atoms with Crippen LogP contribution in [0, 0.1) is 0 Å². The van der Waals surface area contributed by atoms with Crippen LogP contribution in [0.25, 0.3) is 6.08 Å². The summed E-state index contributed by atoms with van der Waals surface area (Å²) in [6.45, 7) is 0. The molecule has 1 aromatic rings. The molecule has 3 nitrogen and oxygen atoms in total. The average Bonchev–Trinajstić information content (AvgIpc) is 2.24. The maximum atomic E-state index is 12.5. The molecule has 0 aromatic heterocycles. The molecule has 0 radical (unpaired) electrons. The van der Waals surface area contributed by atoms with E-state index in [0.29, 0.717) is 0 Å². The molecule has 1 N–H and O–H groups in total. The second kappa shape index (κ2) is 4.90. The zero-order chi connectivity index (χ0) is 13.1. The van der Waals surface area contributed by atoms with Gasteiger partial charge in [0, 0.05) is 6.08 Å². The third-order valence-electron chi connectivity index (χ3n) is 1.91. The molecule has 0 atom stereocenters. The predicted molar refractivity (Wildman–Crippen MR) is 54.7 cm³/mol. The van der Waals surface area contributed by atoms with Gasteiger partial charge in [0.2, 0.25) is 0 Å². The SMILES string of the molecule is COc1cc(C=CC(=O)O)cc(C(F)(F)F)c1. The lowest BCUT2D eigenvalue weighted by Crippen LogP contribution is -2.05. The van der Waals surface area contributed by atoms with E-state index >= 15 is 0 Å². The maximum absolute atomic E-state index is 12.5. The van der Waals surface area contributed by atoms with Crippen LogP contribution in [0.15, 0.2) is 24.3 Å². The van der Waals surface area contributed by atoms with Crippen LogP contribution < -0.4 is 4.74 Å². The minimum absolute atomic E-state index is 0.0184. The molecule has 17 heavy (non-hydrogen) atoms. The van der Waals surface area contributed by atoms with Crippen LogP contribution in [0.4, 0.5) is 13.2 Å². The van der Waals surface area contributed by atoms with Crippen molar-refractivity contribution in [1.82, 2.24) is 0 Å². The molecule has 0 heterocycles. The van der Waals surface area contributed by atoms with Gasteiger partial charge in [0.25, 0.3) is 0 Å². The first-order chi connectivity index (χ1) is 7.82. The Labute approximate surface area is 95.1 Å². The van der Waals surface area contributed by atoms with Gasteiger partial charge in [-0.2, -0.15) is 13.2 Å². The van der Waals surface area contributed by atoms with Gasteiger partial charge in [-0.1, -0.05) is 0 Å². The zero-order valence-corrected chi connectivity index (χ0v) is 8.78. The standard InChI is InChI=1S/C11H9F3O3/c1-17-9-5-7(2-3-10(15)16)4-8(6-9)11(12,13)14/h2-6H,1H3,(H,15,16). The molecule has 6 heteroatoms. The quantitative estimate of drug-likeness (QED) is 0.834. The molecule has 0 unspecified atom stereocenters. The number of carboxylic acid groups (broad SMARTS) is 1. The molecule has 0 aliphatic rings. The summed E-state index contributed by atoms with van der Waals surface area (Å²) in [7, 11) is 1.24. The van der Waals surface area contributed by atoms with Crippen LogP contribution in [0.3, 0.4) is 0 Å². The molecule has 0 aliphatic heterocycles. The lowest BCUT2D eigenvalue weighted by molar-refractivity contribution is -0.137. The van der Waals surface area contributed by atoms with Crippen molar-refractivity contribution in [2.75, 3.05) is 7.11 Å². The molecule has 0 aliphatic carbocycles. The summed E-state index contributed by atoms with van der Waals surface area (Å²) in [5.74, 6) is -1.22. The van der Waals surface area contributed by atoms with Gasteiger partial charge in [-0.15, -0.1) is 0 Å². The predicted octanol–water partition coefficient (Wildman–Crippen LogP) is 2.81. The first-order valence-electron chi connectivity index (χ1n) is 4.50. The Hall–Kier alpha value is -1.98. The molecule has 92 valence electrons. The van der Waals surface area contributed by atoms with Crippen LogP contribution >= 0.6 is 0 Å². The number of alkyl halides is 3. The highest BCUT2D eigenvalue weighted by Gasteiger charge is 2.31. The third-order valence-corrected chi connectivity index (χ3v) is 1.91. The Bertz CT molecular complexity index is 450. The fourth-order valence-corrected chi connectivity index (χ4v) is 1.17. The van der Waals surface area contributed by atoms with Gasteiger partial charge in [0.15, 0.2) is 0 Å². The summed E-state index contributed by atoms with van der Waals surface area (Å²) < 4.78 is 42.2. The van der Waals surface area contributed by atoms with Gasteiger partial charge in [-0.05, 0) is 29.8 Å². The van der Waals surface area contributed by atoms with Crippen molar-refractivity contribution < 1.29 is 27.8 Å². The summed E-state index contributed by atoms with van der Waals surface area (Å²) in [6, 6.07) is 3.01. The molecule has 0 fully saturated rings. The summed E-state index contributed by atoms with van der Waals surface area (Å²) >= 11 is 0. The highest BCUT2D eigenvalue weighted by molar-refractivity contribution is 5.85. The number of methoxy groups -OCH3 is 1. The summed E-state index contributed by atoms with van der Waals surface area (Å²) in [4.78, 5) is 10.3. The molecule has 0 amide bonds. The van der Waals surface area contributed by atoms with E-state index in [9.17, 15) is 18.0 Å². The smallest absolute Gasteiger partial charge is 0.416 e. The first kappa shape index (κ1) is 13.1. The van der Waals surface area contributed by atoms with Crippen molar-refractivity contribution >= 4 is 12.0 Å². The number of benzene rings is 1. The Morgan fingerprint density at radius 1 is 1.35 bits per heavy atom. The number of ether oxygens (including phenoxy) is 1. The van der Waals surface area contributed by atoms with Gasteiger partial charge in [0.05, 0.1) is 12.7 Å². The summed E-state index contributed by atoms with van der Waals surface area (Å²) in [6.07, 6.45) is -2.67. The van der Waals surface area contributed by atoms with Crippen molar-refractivity contribution in [3.05, 3.63) is 35.4 Å². The number of hydrogen-bond donors (Lipinski definition) is 1. The largest absolute Gasteiger partial charge is 0.497 e. The molecule has 0 saturated heterocycles. The molecule has 0 saturated carbocycles. The lowest BCUT2D eigenvalue weighted by atomic mass is 10.1. The van der Waals surface area contributed by atoms with Gasteiger partial charge in [0.1, 0.15) is 5.75 Å². The van der Waals surface area contributed by atoms with Gasteiger partial charge < -0.3 is 9.84 Å². The van der Waals surface area contributed by atoms with Crippen LogP contribution in [-0.2, 0) is 11.0 Å². The first-order valence-corrected chi connectivity index (χ1v) is 4.50. The van der Waals surface area contributed by atoms with Gasteiger partial charge in [-0.25, -0.2) is 4.79 Å². The number of halogens is 3. The third kappa shape index (κ3) is 3.82. The Kier molecular flexibility index (Phi) is 3.77. The molecular weight excluding hydrogens is 237 g/mol. The van der Waals surface area contributed by atoms with E-state index < -0.39 is 17.7 Å². The van der Waals surface area contributed by atoms with E-state index in [4.69, 9.17) is 9.84 Å². The van der Waals surface area contributed by atoms with E-state index in [2.05, 4.69) is 0 Å².